The van der Waals surface area contributed by atoms with Crippen LogP contribution in [0.5, 0.6) is 0 Å². The van der Waals surface area contributed by atoms with Crippen molar-refractivity contribution in [1.29, 1.82) is 0 Å². The molecule has 0 unspecified atom stereocenters. The van der Waals surface area contributed by atoms with E-state index in [1.807, 2.05) is 27.7 Å². The topological polar surface area (TPSA) is 105 Å². The van der Waals surface area contributed by atoms with Crippen molar-refractivity contribution in [2.45, 2.75) is 33.3 Å². The van der Waals surface area contributed by atoms with E-state index in [-0.39, 0.29) is 5.91 Å². The minimum Gasteiger partial charge on any atom is -0.444 e. The number of carbonyl (C=O) groups is 2. The van der Waals surface area contributed by atoms with Crippen LogP contribution in [-0.2, 0) is 4.74 Å². The van der Waals surface area contributed by atoms with Crippen molar-refractivity contribution in [2.24, 2.45) is 0 Å². The van der Waals surface area contributed by atoms with E-state index >= 15 is 0 Å². The van der Waals surface area contributed by atoms with Gasteiger partial charge < -0.3 is 26.4 Å². The molecule has 0 fully saturated rings. The lowest BCUT2D eigenvalue weighted by molar-refractivity contribution is 0.0530. The third-order valence-corrected chi connectivity index (χ3v) is 2.76. The normalized spacial score (nSPS) is 10.8. The molecular weight excluding hydrogens is 296 g/mol. The summed E-state index contributed by atoms with van der Waals surface area (Å²) in [6.07, 6.45) is -0.459. The second kappa shape index (κ2) is 8.26. The predicted octanol–water partition coefficient (Wildman–Crippen LogP) is 1.96. The van der Waals surface area contributed by atoms with Gasteiger partial charge in [0.1, 0.15) is 5.60 Å². The standard InChI is InChI=1S/C16H26N4O3/c1-5-18-14(21)11-6-7-13(12(17)10-11)19-8-9-20-15(22)23-16(2,3)4/h6-7,10,19H,5,8-9,17H2,1-4H3,(H,18,21)(H,20,22). The molecule has 1 rings (SSSR count). The maximum atomic E-state index is 11.7. The van der Waals surface area contributed by atoms with Gasteiger partial charge in [0.25, 0.3) is 5.91 Å². The Kier molecular flexibility index (Phi) is 6.68. The van der Waals surface area contributed by atoms with Gasteiger partial charge in [-0.05, 0) is 45.9 Å². The van der Waals surface area contributed by atoms with Gasteiger partial charge in [0.05, 0.1) is 11.4 Å². The third kappa shape index (κ3) is 6.90. The molecule has 1 aromatic carbocycles. The predicted molar refractivity (Wildman–Crippen MR) is 91.6 cm³/mol. The van der Waals surface area contributed by atoms with Crippen LogP contribution >= 0.6 is 0 Å². The van der Waals surface area contributed by atoms with E-state index in [0.29, 0.717) is 36.6 Å². The molecule has 0 aromatic heterocycles. The molecule has 7 heteroatoms. The quantitative estimate of drug-likeness (QED) is 0.473. The minimum atomic E-state index is -0.517. The van der Waals surface area contributed by atoms with Crippen LogP contribution in [0.15, 0.2) is 18.2 Å². The number of benzene rings is 1. The van der Waals surface area contributed by atoms with E-state index < -0.39 is 11.7 Å². The molecule has 0 aliphatic heterocycles. The van der Waals surface area contributed by atoms with E-state index in [4.69, 9.17) is 10.5 Å². The lowest BCUT2D eigenvalue weighted by atomic mass is 10.1. The van der Waals surface area contributed by atoms with Crippen molar-refractivity contribution < 1.29 is 14.3 Å². The number of amides is 2. The molecule has 0 heterocycles. The van der Waals surface area contributed by atoms with E-state index in [9.17, 15) is 9.59 Å². The number of nitrogens with two attached hydrogens (primary N) is 1. The third-order valence-electron chi connectivity index (χ3n) is 2.76. The Balaban J connectivity index is 2.44. The molecule has 0 aliphatic carbocycles. The number of alkyl carbamates (subject to hydrolysis) is 1. The van der Waals surface area contributed by atoms with Gasteiger partial charge in [-0.25, -0.2) is 4.79 Å². The molecular formula is C16H26N4O3. The first-order chi connectivity index (χ1) is 10.7. The van der Waals surface area contributed by atoms with Gasteiger partial charge in [-0.15, -0.1) is 0 Å². The van der Waals surface area contributed by atoms with Crippen molar-refractivity contribution >= 4 is 23.4 Å². The number of rotatable bonds is 6. The first-order valence-electron chi connectivity index (χ1n) is 7.61. The van der Waals surface area contributed by atoms with Crippen LogP contribution in [0, 0.1) is 0 Å². The van der Waals surface area contributed by atoms with E-state index in [0.717, 1.165) is 0 Å². The van der Waals surface area contributed by atoms with Gasteiger partial charge in [-0.2, -0.15) is 0 Å². The van der Waals surface area contributed by atoms with Crippen LogP contribution in [0.4, 0.5) is 16.2 Å². The summed E-state index contributed by atoms with van der Waals surface area (Å²) in [5, 5.41) is 8.46. The van der Waals surface area contributed by atoms with Crippen LogP contribution in [0.25, 0.3) is 0 Å². The first kappa shape index (κ1) is 18.6. The van der Waals surface area contributed by atoms with E-state index in [1.165, 1.54) is 0 Å². The summed E-state index contributed by atoms with van der Waals surface area (Å²) in [5.41, 5.74) is 7.11. The summed E-state index contributed by atoms with van der Waals surface area (Å²) in [4.78, 5) is 23.2. The molecule has 128 valence electrons. The van der Waals surface area contributed by atoms with Crippen LogP contribution in [0.2, 0.25) is 0 Å². The van der Waals surface area contributed by atoms with Crippen LogP contribution in [0.3, 0.4) is 0 Å². The molecule has 0 atom stereocenters. The Labute approximate surface area is 137 Å². The Morgan fingerprint density at radius 1 is 1.17 bits per heavy atom. The molecule has 0 saturated carbocycles. The molecule has 1 aromatic rings. The summed E-state index contributed by atoms with van der Waals surface area (Å²) >= 11 is 0. The fourth-order valence-corrected chi connectivity index (χ4v) is 1.80. The largest absolute Gasteiger partial charge is 0.444 e. The summed E-state index contributed by atoms with van der Waals surface area (Å²) in [5.74, 6) is -0.155. The van der Waals surface area contributed by atoms with E-state index in [1.54, 1.807) is 18.2 Å². The zero-order valence-electron chi connectivity index (χ0n) is 14.2. The van der Waals surface area contributed by atoms with Gasteiger partial charge in [0, 0.05) is 25.2 Å². The minimum absolute atomic E-state index is 0.155. The highest BCUT2D eigenvalue weighted by molar-refractivity contribution is 5.96. The summed E-state index contributed by atoms with van der Waals surface area (Å²) < 4.78 is 5.13. The Morgan fingerprint density at radius 3 is 2.43 bits per heavy atom. The molecule has 0 spiro atoms. The summed E-state index contributed by atoms with van der Waals surface area (Å²) in [6.45, 7) is 8.73. The number of hydrogen-bond acceptors (Lipinski definition) is 5. The van der Waals surface area contributed by atoms with E-state index in [2.05, 4.69) is 16.0 Å². The molecule has 0 bridgehead atoms. The smallest absolute Gasteiger partial charge is 0.407 e. The highest BCUT2D eigenvalue weighted by Gasteiger charge is 2.15. The second-order valence-electron chi connectivity index (χ2n) is 6.02. The number of carbonyl (C=O) groups excluding carboxylic acids is 2. The van der Waals surface area contributed by atoms with Crippen LogP contribution in [0.1, 0.15) is 38.1 Å². The number of ether oxygens (including phenoxy) is 1. The fourth-order valence-electron chi connectivity index (χ4n) is 1.80. The lowest BCUT2D eigenvalue weighted by Gasteiger charge is -2.19. The second-order valence-corrected chi connectivity index (χ2v) is 6.02. The van der Waals surface area contributed by atoms with Crippen LogP contribution < -0.4 is 21.7 Å². The van der Waals surface area contributed by atoms with Crippen molar-refractivity contribution in [3.05, 3.63) is 23.8 Å². The molecule has 5 N–H and O–H groups in total. The lowest BCUT2D eigenvalue weighted by Crippen LogP contribution is -2.35. The zero-order chi connectivity index (χ0) is 17.5. The average Bonchev–Trinajstić information content (AvgIpc) is 2.43. The number of hydrogen-bond donors (Lipinski definition) is 4. The maximum Gasteiger partial charge on any atom is 0.407 e. The van der Waals surface area contributed by atoms with Crippen LogP contribution in [-0.4, -0.2) is 37.2 Å². The fraction of sp³-hybridized carbons (Fsp3) is 0.500. The highest BCUT2D eigenvalue weighted by Crippen LogP contribution is 2.19. The highest BCUT2D eigenvalue weighted by atomic mass is 16.6. The Bertz CT molecular complexity index is 553. The summed E-state index contributed by atoms with van der Waals surface area (Å²) in [6, 6.07) is 5.06. The number of nitrogen functional groups attached to an aromatic ring is 1. The van der Waals surface area contributed by atoms with Gasteiger partial charge in [-0.1, -0.05) is 0 Å². The Morgan fingerprint density at radius 2 is 1.87 bits per heavy atom. The molecule has 2 amide bonds. The van der Waals surface area contributed by atoms with Crippen molar-refractivity contribution in [3.8, 4) is 0 Å². The molecule has 0 radical (unpaired) electrons. The first-order valence-corrected chi connectivity index (χ1v) is 7.61. The maximum absolute atomic E-state index is 11.7. The molecule has 23 heavy (non-hydrogen) atoms. The Hall–Kier alpha value is -2.44. The molecule has 0 aliphatic rings. The monoisotopic (exact) mass is 322 g/mol. The average molecular weight is 322 g/mol. The molecule has 7 nitrogen and oxygen atoms in total. The van der Waals surface area contributed by atoms with Gasteiger partial charge in [0.2, 0.25) is 0 Å². The van der Waals surface area contributed by atoms with Crippen molar-refractivity contribution in [3.63, 3.8) is 0 Å². The van der Waals surface area contributed by atoms with Crippen molar-refractivity contribution in [2.75, 3.05) is 30.7 Å². The van der Waals surface area contributed by atoms with Gasteiger partial charge in [-0.3, -0.25) is 4.79 Å². The summed E-state index contributed by atoms with van der Waals surface area (Å²) in [7, 11) is 0. The number of nitrogens with one attached hydrogen (secondary N) is 3. The van der Waals surface area contributed by atoms with Gasteiger partial charge in [0.15, 0.2) is 0 Å². The zero-order valence-corrected chi connectivity index (χ0v) is 14.2. The van der Waals surface area contributed by atoms with Gasteiger partial charge >= 0.3 is 6.09 Å². The molecule has 0 saturated heterocycles. The van der Waals surface area contributed by atoms with Crippen molar-refractivity contribution in [1.82, 2.24) is 10.6 Å². The SMILES string of the molecule is CCNC(=O)c1ccc(NCCNC(=O)OC(C)(C)C)c(N)c1. The number of anilines is 2.